The molecule has 1 aliphatic heterocycles. The zero-order valence-electron chi connectivity index (χ0n) is 14.3. The van der Waals surface area contributed by atoms with Crippen LogP contribution in [0.15, 0.2) is 22.7 Å². The third-order valence-electron chi connectivity index (χ3n) is 3.91. The number of halogens is 2. The maximum absolute atomic E-state index is 13.8. The number of hydrogen-bond donors (Lipinski definition) is 3. The van der Waals surface area contributed by atoms with E-state index in [1.807, 2.05) is 0 Å². The quantitative estimate of drug-likeness (QED) is 0.669. The Labute approximate surface area is 149 Å². The molecule has 1 aliphatic rings. The van der Waals surface area contributed by atoms with Gasteiger partial charge in [0.15, 0.2) is 0 Å². The fraction of sp³-hybridized carbons (Fsp3) is 0.529. The highest BCUT2D eigenvalue weighted by molar-refractivity contribution is 9.10. The molecule has 0 radical (unpaired) electrons. The van der Waals surface area contributed by atoms with Gasteiger partial charge in [-0.3, -0.25) is 9.59 Å². The van der Waals surface area contributed by atoms with E-state index in [9.17, 15) is 14.0 Å². The van der Waals surface area contributed by atoms with E-state index in [4.69, 9.17) is 0 Å². The Bertz CT molecular complexity index is 645. The van der Waals surface area contributed by atoms with Crippen LogP contribution in [0.5, 0.6) is 0 Å². The summed E-state index contributed by atoms with van der Waals surface area (Å²) in [7, 11) is 0. The van der Waals surface area contributed by atoms with Gasteiger partial charge in [0.2, 0.25) is 0 Å². The van der Waals surface area contributed by atoms with Crippen molar-refractivity contribution in [3.05, 3.63) is 28.5 Å². The van der Waals surface area contributed by atoms with E-state index in [1.165, 1.54) is 12.1 Å². The molecular formula is C17H23BrFN3O2. The zero-order valence-corrected chi connectivity index (χ0v) is 15.9. The molecular weight excluding hydrogens is 377 g/mol. The molecule has 1 aromatic rings. The van der Waals surface area contributed by atoms with Crippen LogP contribution in [0.1, 0.15) is 40.5 Å². The first-order valence-corrected chi connectivity index (χ1v) is 8.63. The Balaban J connectivity index is 2.00. The predicted octanol–water partition coefficient (Wildman–Crippen LogP) is 2.95. The number of rotatable bonds is 2. The summed E-state index contributed by atoms with van der Waals surface area (Å²) < 4.78 is 14.3. The molecule has 2 rings (SSSR count). The first-order valence-electron chi connectivity index (χ1n) is 7.84. The third kappa shape index (κ3) is 5.01. The molecule has 0 atom stereocenters. The van der Waals surface area contributed by atoms with Crippen molar-refractivity contribution in [3.8, 4) is 0 Å². The van der Waals surface area contributed by atoms with Gasteiger partial charge in [-0.25, -0.2) is 4.39 Å². The molecule has 5 nitrogen and oxygen atoms in total. The molecule has 1 saturated heterocycles. The van der Waals surface area contributed by atoms with E-state index >= 15 is 0 Å². The number of anilines is 1. The summed E-state index contributed by atoms with van der Waals surface area (Å²) in [6.07, 6.45) is 1.42. The molecule has 132 valence electrons. The van der Waals surface area contributed by atoms with E-state index in [2.05, 4.69) is 59.6 Å². The average molecular weight is 400 g/mol. The second-order valence-electron chi connectivity index (χ2n) is 7.55. The molecule has 0 saturated carbocycles. The lowest BCUT2D eigenvalue weighted by Crippen LogP contribution is -2.62. The third-order valence-corrected chi connectivity index (χ3v) is 4.40. The average Bonchev–Trinajstić information content (AvgIpc) is 2.38. The molecule has 0 spiro atoms. The van der Waals surface area contributed by atoms with Crippen LogP contribution >= 0.6 is 15.9 Å². The van der Waals surface area contributed by atoms with Crippen molar-refractivity contribution >= 4 is 33.4 Å². The van der Waals surface area contributed by atoms with Crippen molar-refractivity contribution < 1.29 is 14.0 Å². The van der Waals surface area contributed by atoms with Crippen LogP contribution in [-0.2, 0) is 9.59 Å². The van der Waals surface area contributed by atoms with Crippen molar-refractivity contribution in [2.45, 2.75) is 57.7 Å². The molecule has 1 aromatic carbocycles. The molecule has 24 heavy (non-hydrogen) atoms. The van der Waals surface area contributed by atoms with Crippen LogP contribution in [-0.4, -0.2) is 28.9 Å². The van der Waals surface area contributed by atoms with Gasteiger partial charge < -0.3 is 16.0 Å². The number of piperidine rings is 1. The minimum atomic E-state index is -0.870. The maximum atomic E-state index is 13.8. The topological polar surface area (TPSA) is 70.2 Å². The summed E-state index contributed by atoms with van der Waals surface area (Å²) >= 11 is 3.14. The zero-order chi connectivity index (χ0) is 18.1. The maximum Gasteiger partial charge on any atom is 0.313 e. The van der Waals surface area contributed by atoms with Crippen molar-refractivity contribution in [2.24, 2.45) is 0 Å². The standard InChI is InChI=1S/C17H23BrFN3O2/c1-16(2)8-11(9-17(3,4)22-16)20-14(23)15(24)21-13-6-5-10(18)7-12(13)19/h5-7,11,22H,8-9H2,1-4H3,(H,20,23)(H,21,24). The summed E-state index contributed by atoms with van der Waals surface area (Å²) in [4.78, 5) is 24.2. The molecule has 0 unspecified atom stereocenters. The van der Waals surface area contributed by atoms with Gasteiger partial charge in [-0.15, -0.1) is 0 Å². The monoisotopic (exact) mass is 399 g/mol. The fourth-order valence-corrected chi connectivity index (χ4v) is 3.78. The molecule has 3 N–H and O–H groups in total. The van der Waals surface area contributed by atoms with Crippen molar-refractivity contribution in [3.63, 3.8) is 0 Å². The van der Waals surface area contributed by atoms with E-state index < -0.39 is 17.6 Å². The molecule has 7 heteroatoms. The number of hydrogen-bond acceptors (Lipinski definition) is 3. The predicted molar refractivity (Wildman–Crippen MR) is 95.2 cm³/mol. The Kier molecular flexibility index (Phi) is 5.34. The lowest BCUT2D eigenvalue weighted by molar-refractivity contribution is -0.137. The van der Waals surface area contributed by atoms with Gasteiger partial charge in [0.05, 0.1) is 5.69 Å². The van der Waals surface area contributed by atoms with Crippen LogP contribution in [0.25, 0.3) is 0 Å². The van der Waals surface area contributed by atoms with E-state index in [1.54, 1.807) is 6.07 Å². The number of carbonyl (C=O) groups excluding carboxylic acids is 2. The first kappa shape index (κ1) is 18.9. The van der Waals surface area contributed by atoms with E-state index in [-0.39, 0.29) is 22.8 Å². The number of nitrogens with one attached hydrogen (secondary N) is 3. The van der Waals surface area contributed by atoms with Gasteiger partial charge in [-0.05, 0) is 58.7 Å². The summed E-state index contributed by atoms with van der Waals surface area (Å²) in [5, 5.41) is 8.58. The number of benzene rings is 1. The molecule has 1 fully saturated rings. The Morgan fingerprint density at radius 2 is 1.75 bits per heavy atom. The highest BCUT2D eigenvalue weighted by Crippen LogP contribution is 2.28. The van der Waals surface area contributed by atoms with Gasteiger partial charge >= 0.3 is 11.8 Å². The van der Waals surface area contributed by atoms with Gasteiger partial charge in [0, 0.05) is 21.6 Å². The SMILES string of the molecule is CC1(C)CC(NC(=O)C(=O)Nc2ccc(Br)cc2F)CC(C)(C)N1. The van der Waals surface area contributed by atoms with Crippen molar-refractivity contribution in [2.75, 3.05) is 5.32 Å². The number of carbonyl (C=O) groups is 2. The summed E-state index contributed by atoms with van der Waals surface area (Å²) in [6, 6.07) is 4.10. The molecule has 0 aliphatic carbocycles. The highest BCUT2D eigenvalue weighted by atomic mass is 79.9. The largest absolute Gasteiger partial charge is 0.345 e. The van der Waals surface area contributed by atoms with Crippen LogP contribution in [0, 0.1) is 5.82 Å². The van der Waals surface area contributed by atoms with Gasteiger partial charge in [-0.2, -0.15) is 0 Å². The molecule has 0 aromatic heterocycles. The smallest absolute Gasteiger partial charge is 0.313 e. The molecule has 2 amide bonds. The first-order chi connectivity index (χ1) is 11.0. The van der Waals surface area contributed by atoms with Crippen molar-refractivity contribution in [1.82, 2.24) is 10.6 Å². The van der Waals surface area contributed by atoms with Gasteiger partial charge in [0.25, 0.3) is 0 Å². The fourth-order valence-electron chi connectivity index (χ4n) is 3.45. The van der Waals surface area contributed by atoms with Crippen LogP contribution in [0.4, 0.5) is 10.1 Å². The van der Waals surface area contributed by atoms with Gasteiger partial charge in [0.1, 0.15) is 5.82 Å². The lowest BCUT2D eigenvalue weighted by Gasteiger charge is -2.46. The van der Waals surface area contributed by atoms with E-state index in [0.717, 1.165) is 0 Å². The summed E-state index contributed by atoms with van der Waals surface area (Å²) in [5.41, 5.74) is -0.313. The van der Waals surface area contributed by atoms with Crippen molar-refractivity contribution in [1.29, 1.82) is 0 Å². The van der Waals surface area contributed by atoms with Gasteiger partial charge in [-0.1, -0.05) is 15.9 Å². The Hall–Kier alpha value is -1.47. The minimum Gasteiger partial charge on any atom is -0.345 e. The summed E-state index contributed by atoms with van der Waals surface area (Å²) in [6.45, 7) is 8.24. The van der Waals surface area contributed by atoms with Crippen LogP contribution < -0.4 is 16.0 Å². The number of amides is 2. The second kappa shape index (κ2) is 6.80. The summed E-state index contributed by atoms with van der Waals surface area (Å²) in [5.74, 6) is -2.23. The van der Waals surface area contributed by atoms with E-state index in [0.29, 0.717) is 17.3 Å². The molecule has 0 bridgehead atoms. The normalized spacial score (nSPS) is 19.6. The highest BCUT2D eigenvalue weighted by Gasteiger charge is 2.38. The Morgan fingerprint density at radius 3 is 2.29 bits per heavy atom. The van der Waals surface area contributed by atoms with Crippen LogP contribution in [0.2, 0.25) is 0 Å². The Morgan fingerprint density at radius 1 is 1.17 bits per heavy atom. The molecule has 1 heterocycles. The van der Waals surface area contributed by atoms with Crippen LogP contribution in [0.3, 0.4) is 0 Å². The minimum absolute atomic E-state index is 0.0238. The second-order valence-corrected chi connectivity index (χ2v) is 8.47. The lowest BCUT2D eigenvalue weighted by atomic mass is 9.79.